The molecule has 16 heavy (non-hydrogen) atoms. The summed E-state index contributed by atoms with van der Waals surface area (Å²) in [6.07, 6.45) is 2.23. The van der Waals surface area contributed by atoms with Crippen molar-refractivity contribution >= 4 is 5.84 Å². The number of hydrogen-bond acceptors (Lipinski definition) is 5. The predicted octanol–water partition coefficient (Wildman–Crippen LogP) is 0.400. The highest BCUT2D eigenvalue weighted by molar-refractivity contribution is 5.80. The van der Waals surface area contributed by atoms with E-state index in [1.807, 2.05) is 19.9 Å². The summed E-state index contributed by atoms with van der Waals surface area (Å²) in [6, 6.07) is 1.99. The molecule has 0 fully saturated rings. The molecule has 1 heterocycles. The average Bonchev–Trinajstić information content (AvgIpc) is 2.26. The van der Waals surface area contributed by atoms with E-state index in [1.54, 1.807) is 6.20 Å². The molecule has 0 aromatic carbocycles. The van der Waals surface area contributed by atoms with E-state index >= 15 is 0 Å². The van der Waals surface area contributed by atoms with E-state index in [0.29, 0.717) is 13.0 Å². The summed E-state index contributed by atoms with van der Waals surface area (Å²) in [6.45, 7) is 4.46. The van der Waals surface area contributed by atoms with Crippen LogP contribution in [0.5, 0.6) is 0 Å². The van der Waals surface area contributed by atoms with Crippen LogP contribution in [0.2, 0.25) is 0 Å². The minimum absolute atomic E-state index is 0.131. The highest BCUT2D eigenvalue weighted by atomic mass is 16.4. The van der Waals surface area contributed by atoms with Crippen LogP contribution in [0.1, 0.15) is 24.9 Å². The average molecular weight is 223 g/mol. The highest BCUT2D eigenvalue weighted by Gasteiger charge is 2.05. The molecule has 6 nitrogen and oxygen atoms in total. The van der Waals surface area contributed by atoms with Crippen molar-refractivity contribution < 1.29 is 5.21 Å². The van der Waals surface area contributed by atoms with Crippen molar-refractivity contribution in [1.29, 1.82) is 0 Å². The molecule has 1 rings (SSSR count). The maximum Gasteiger partial charge on any atom is 0.140 e. The monoisotopic (exact) mass is 223 g/mol. The molecule has 1 unspecified atom stereocenters. The predicted molar refractivity (Wildman–Crippen MR) is 61.1 cm³/mol. The van der Waals surface area contributed by atoms with Crippen LogP contribution in [0.4, 0.5) is 0 Å². The van der Waals surface area contributed by atoms with Crippen molar-refractivity contribution in [2.24, 2.45) is 10.9 Å². The van der Waals surface area contributed by atoms with E-state index in [0.717, 1.165) is 11.5 Å². The Morgan fingerprint density at radius 3 is 3.06 bits per heavy atom. The van der Waals surface area contributed by atoms with Crippen LogP contribution in [0, 0.1) is 6.92 Å². The van der Waals surface area contributed by atoms with Gasteiger partial charge in [-0.3, -0.25) is 0 Å². The van der Waals surface area contributed by atoms with Crippen molar-refractivity contribution in [2.75, 3.05) is 0 Å². The number of nitrogens with zero attached hydrogens (tertiary/aromatic N) is 3. The lowest BCUT2D eigenvalue weighted by atomic mass is 10.2. The van der Waals surface area contributed by atoms with Gasteiger partial charge in [0.15, 0.2) is 0 Å². The normalized spacial score (nSPS) is 13.8. The van der Waals surface area contributed by atoms with Gasteiger partial charge in [-0.1, -0.05) is 5.16 Å². The molecule has 0 saturated heterocycles. The Labute approximate surface area is 94.6 Å². The summed E-state index contributed by atoms with van der Waals surface area (Å²) in [5.41, 5.74) is 6.33. The van der Waals surface area contributed by atoms with E-state index in [2.05, 4.69) is 20.4 Å². The highest BCUT2D eigenvalue weighted by Crippen LogP contribution is 1.97. The first-order chi connectivity index (χ1) is 7.61. The second kappa shape index (κ2) is 6.02. The second-order valence-corrected chi connectivity index (χ2v) is 3.67. The third kappa shape index (κ3) is 4.22. The van der Waals surface area contributed by atoms with Crippen LogP contribution in [0.25, 0.3) is 0 Å². The maximum absolute atomic E-state index is 8.42. The standard InChI is InChI=1S/C10H17N5O/c1-7(5-10(11)15-16)13-6-9-3-4-12-8(2)14-9/h3-4,7,13,16H,5-6H2,1-2H3,(H2,11,15). The molecule has 0 aliphatic carbocycles. The topological polar surface area (TPSA) is 96.4 Å². The zero-order valence-electron chi connectivity index (χ0n) is 9.51. The van der Waals surface area contributed by atoms with Gasteiger partial charge in [0.1, 0.15) is 11.7 Å². The molecule has 0 saturated carbocycles. The summed E-state index contributed by atoms with van der Waals surface area (Å²) < 4.78 is 0. The van der Waals surface area contributed by atoms with Gasteiger partial charge in [-0.2, -0.15) is 0 Å². The summed E-state index contributed by atoms with van der Waals surface area (Å²) in [5.74, 6) is 0.974. The fraction of sp³-hybridized carbons (Fsp3) is 0.500. The van der Waals surface area contributed by atoms with E-state index in [-0.39, 0.29) is 11.9 Å². The fourth-order valence-corrected chi connectivity index (χ4v) is 1.31. The zero-order valence-corrected chi connectivity index (χ0v) is 9.51. The van der Waals surface area contributed by atoms with Gasteiger partial charge in [0.05, 0.1) is 5.69 Å². The number of rotatable bonds is 5. The first-order valence-corrected chi connectivity index (χ1v) is 5.10. The lowest BCUT2D eigenvalue weighted by Gasteiger charge is -2.12. The minimum Gasteiger partial charge on any atom is -0.409 e. The van der Waals surface area contributed by atoms with E-state index < -0.39 is 0 Å². The van der Waals surface area contributed by atoms with E-state index in [9.17, 15) is 0 Å². The molecule has 0 radical (unpaired) electrons. The van der Waals surface area contributed by atoms with E-state index in [1.165, 1.54) is 0 Å². The number of amidine groups is 1. The number of aryl methyl sites for hydroxylation is 1. The molecule has 6 heteroatoms. The molecule has 1 atom stereocenters. The third-order valence-electron chi connectivity index (χ3n) is 2.11. The fourth-order valence-electron chi connectivity index (χ4n) is 1.31. The molecular weight excluding hydrogens is 206 g/mol. The first kappa shape index (κ1) is 12.4. The van der Waals surface area contributed by atoms with Gasteiger partial charge >= 0.3 is 0 Å². The second-order valence-electron chi connectivity index (χ2n) is 3.67. The Morgan fingerprint density at radius 1 is 1.69 bits per heavy atom. The Hall–Kier alpha value is -1.69. The Balaban J connectivity index is 2.40. The quantitative estimate of drug-likeness (QED) is 0.290. The van der Waals surface area contributed by atoms with Crippen LogP contribution in [0.15, 0.2) is 17.4 Å². The number of hydrogen-bond donors (Lipinski definition) is 3. The molecule has 4 N–H and O–H groups in total. The van der Waals surface area contributed by atoms with E-state index in [4.69, 9.17) is 10.9 Å². The van der Waals surface area contributed by atoms with Crippen molar-refractivity contribution in [3.05, 3.63) is 23.8 Å². The summed E-state index contributed by atoms with van der Waals surface area (Å²) in [7, 11) is 0. The Morgan fingerprint density at radius 2 is 2.44 bits per heavy atom. The van der Waals surface area contributed by atoms with Crippen LogP contribution < -0.4 is 11.1 Å². The third-order valence-corrected chi connectivity index (χ3v) is 2.11. The van der Waals surface area contributed by atoms with Crippen LogP contribution >= 0.6 is 0 Å². The molecule has 0 bridgehead atoms. The molecule has 88 valence electrons. The number of oxime groups is 1. The number of aromatic nitrogens is 2. The summed E-state index contributed by atoms with van der Waals surface area (Å²) in [4.78, 5) is 8.28. The molecule has 0 amide bonds. The van der Waals surface area contributed by atoms with Crippen molar-refractivity contribution in [3.63, 3.8) is 0 Å². The number of nitrogens with two attached hydrogens (primary N) is 1. The summed E-state index contributed by atoms with van der Waals surface area (Å²) >= 11 is 0. The first-order valence-electron chi connectivity index (χ1n) is 5.10. The van der Waals surface area contributed by atoms with Gasteiger partial charge < -0.3 is 16.3 Å². The van der Waals surface area contributed by atoms with Crippen molar-refractivity contribution in [2.45, 2.75) is 32.9 Å². The lowest BCUT2D eigenvalue weighted by Crippen LogP contribution is -2.31. The maximum atomic E-state index is 8.42. The van der Waals surface area contributed by atoms with Crippen molar-refractivity contribution in [3.8, 4) is 0 Å². The molecule has 0 aliphatic heterocycles. The van der Waals surface area contributed by atoms with Crippen LogP contribution in [-0.2, 0) is 6.54 Å². The molecule has 0 spiro atoms. The minimum atomic E-state index is 0.131. The van der Waals surface area contributed by atoms with Gasteiger partial charge in [-0.25, -0.2) is 9.97 Å². The molecule has 1 aromatic heterocycles. The largest absolute Gasteiger partial charge is 0.409 e. The molecular formula is C10H17N5O. The SMILES string of the molecule is Cc1nccc(CNC(C)CC(N)=NO)n1. The molecule has 1 aromatic rings. The lowest BCUT2D eigenvalue weighted by molar-refractivity contribution is 0.315. The van der Waals surface area contributed by atoms with Crippen LogP contribution in [-0.4, -0.2) is 27.1 Å². The van der Waals surface area contributed by atoms with Gasteiger partial charge in [-0.05, 0) is 19.9 Å². The summed E-state index contributed by atoms with van der Waals surface area (Å²) in [5, 5.41) is 14.6. The Kier molecular flexibility index (Phi) is 4.65. The smallest absolute Gasteiger partial charge is 0.140 e. The van der Waals surface area contributed by atoms with Gasteiger partial charge in [0.25, 0.3) is 0 Å². The Bertz CT molecular complexity index is 366. The van der Waals surface area contributed by atoms with Gasteiger partial charge in [-0.15, -0.1) is 0 Å². The van der Waals surface area contributed by atoms with Crippen LogP contribution in [0.3, 0.4) is 0 Å². The van der Waals surface area contributed by atoms with Crippen molar-refractivity contribution in [1.82, 2.24) is 15.3 Å². The zero-order chi connectivity index (χ0) is 12.0. The number of nitrogens with one attached hydrogen (secondary N) is 1. The molecule has 0 aliphatic rings. The van der Waals surface area contributed by atoms with Gasteiger partial charge in [0.2, 0.25) is 0 Å². The van der Waals surface area contributed by atoms with Gasteiger partial charge in [0, 0.05) is 25.2 Å².